The molecule has 0 saturated carbocycles. The summed E-state index contributed by atoms with van der Waals surface area (Å²) in [7, 11) is 0. The van der Waals surface area contributed by atoms with Gasteiger partial charge in [0.05, 0.1) is 12.1 Å². The van der Waals surface area contributed by atoms with E-state index in [0.717, 1.165) is 30.5 Å². The number of ether oxygens (including phenoxy) is 1. The number of esters is 1. The van der Waals surface area contributed by atoms with Gasteiger partial charge in [0.25, 0.3) is 0 Å². The molecule has 0 saturated heterocycles. The molecule has 0 aliphatic carbocycles. The molecule has 0 bridgehead atoms. The van der Waals surface area contributed by atoms with Crippen molar-refractivity contribution in [3.05, 3.63) is 71.5 Å². The number of nitrogens with zero attached hydrogens (tertiary/aromatic N) is 4. The van der Waals surface area contributed by atoms with E-state index in [2.05, 4.69) is 22.4 Å². The minimum atomic E-state index is -0.443. The first kappa shape index (κ1) is 21.4. The number of rotatable bonds is 10. The summed E-state index contributed by atoms with van der Waals surface area (Å²) in [5.74, 6) is -0.453. The average Bonchev–Trinajstić information content (AvgIpc) is 3.31. The quantitative estimate of drug-likeness (QED) is 0.369. The maximum absolute atomic E-state index is 12.4. The van der Waals surface area contributed by atoms with Crippen molar-refractivity contribution in [2.75, 3.05) is 0 Å². The molecule has 0 radical (unpaired) electrons. The SMILES string of the molecule is CCCCc1ccc(C(=O)CCC(=O)OC(C)c2cccc(-n3cnnn3)c2)cc1. The molecule has 1 aromatic heterocycles. The normalized spacial score (nSPS) is 11.8. The second kappa shape index (κ2) is 10.4. The Morgan fingerprint density at radius 2 is 1.90 bits per heavy atom. The fraction of sp³-hybridized carbons (Fsp3) is 0.348. The highest BCUT2D eigenvalue weighted by molar-refractivity contribution is 5.97. The van der Waals surface area contributed by atoms with Crippen LogP contribution in [0, 0.1) is 0 Å². The van der Waals surface area contributed by atoms with E-state index in [4.69, 9.17) is 4.74 Å². The number of carbonyl (C=O) groups is 2. The topological polar surface area (TPSA) is 87.0 Å². The molecule has 0 aliphatic rings. The van der Waals surface area contributed by atoms with Crippen LogP contribution in [-0.4, -0.2) is 32.0 Å². The van der Waals surface area contributed by atoms with Crippen LogP contribution in [0.2, 0.25) is 0 Å². The van der Waals surface area contributed by atoms with Crippen LogP contribution in [0.15, 0.2) is 54.9 Å². The predicted octanol–water partition coefficient (Wildman–Crippen LogP) is 4.27. The van der Waals surface area contributed by atoms with Crippen molar-refractivity contribution in [3.8, 4) is 5.69 Å². The number of carbonyl (C=O) groups excluding carboxylic acids is 2. The molecule has 1 heterocycles. The van der Waals surface area contributed by atoms with Crippen molar-refractivity contribution < 1.29 is 14.3 Å². The van der Waals surface area contributed by atoms with Crippen LogP contribution >= 0.6 is 0 Å². The molecule has 7 nitrogen and oxygen atoms in total. The Labute approximate surface area is 176 Å². The molecule has 0 N–H and O–H groups in total. The van der Waals surface area contributed by atoms with Crippen molar-refractivity contribution in [2.45, 2.75) is 52.1 Å². The lowest BCUT2D eigenvalue weighted by Gasteiger charge is -2.14. The molecule has 30 heavy (non-hydrogen) atoms. The molecule has 156 valence electrons. The zero-order valence-corrected chi connectivity index (χ0v) is 17.3. The molecule has 0 amide bonds. The smallest absolute Gasteiger partial charge is 0.306 e. The molecule has 0 spiro atoms. The number of hydrogen-bond donors (Lipinski definition) is 0. The lowest BCUT2D eigenvalue weighted by atomic mass is 10.0. The van der Waals surface area contributed by atoms with E-state index in [0.29, 0.717) is 5.56 Å². The molecule has 7 heteroatoms. The Bertz CT molecular complexity index is 968. The standard InChI is InChI=1S/C23H26N4O3/c1-3-4-6-18-9-11-19(12-10-18)22(28)13-14-23(29)30-17(2)20-7-5-8-21(15-20)27-16-24-25-26-27/h5,7-12,15-17H,3-4,6,13-14H2,1-2H3. The molecule has 0 fully saturated rings. The first-order valence-electron chi connectivity index (χ1n) is 10.2. The van der Waals surface area contributed by atoms with E-state index < -0.39 is 12.1 Å². The van der Waals surface area contributed by atoms with Gasteiger partial charge in [-0.3, -0.25) is 9.59 Å². The van der Waals surface area contributed by atoms with Gasteiger partial charge in [-0.25, -0.2) is 4.68 Å². The summed E-state index contributed by atoms with van der Waals surface area (Å²) in [5.41, 5.74) is 3.46. The zero-order chi connectivity index (χ0) is 21.3. The Morgan fingerprint density at radius 3 is 2.60 bits per heavy atom. The largest absolute Gasteiger partial charge is 0.458 e. The van der Waals surface area contributed by atoms with Gasteiger partial charge in [-0.05, 0) is 53.5 Å². The summed E-state index contributed by atoms with van der Waals surface area (Å²) in [6, 6.07) is 15.1. The molecular formula is C23H26N4O3. The van der Waals surface area contributed by atoms with E-state index in [1.54, 1.807) is 6.92 Å². The fourth-order valence-corrected chi connectivity index (χ4v) is 3.12. The monoisotopic (exact) mass is 406 g/mol. The van der Waals surface area contributed by atoms with Crippen LogP contribution in [0.5, 0.6) is 0 Å². The molecule has 3 rings (SSSR count). The van der Waals surface area contributed by atoms with Crippen LogP contribution in [0.3, 0.4) is 0 Å². The Balaban J connectivity index is 1.50. The maximum atomic E-state index is 12.4. The predicted molar refractivity (Wildman–Crippen MR) is 112 cm³/mol. The van der Waals surface area contributed by atoms with E-state index in [1.807, 2.05) is 48.5 Å². The highest BCUT2D eigenvalue weighted by Crippen LogP contribution is 2.20. The lowest BCUT2D eigenvalue weighted by Crippen LogP contribution is -2.11. The number of ketones is 1. The van der Waals surface area contributed by atoms with Crippen molar-refractivity contribution in [2.24, 2.45) is 0 Å². The third-order valence-electron chi connectivity index (χ3n) is 4.91. The van der Waals surface area contributed by atoms with Gasteiger partial charge in [-0.1, -0.05) is 49.7 Å². The molecule has 1 atom stereocenters. The third-order valence-corrected chi connectivity index (χ3v) is 4.91. The van der Waals surface area contributed by atoms with Gasteiger partial charge in [-0.15, -0.1) is 5.10 Å². The van der Waals surface area contributed by atoms with Gasteiger partial charge in [0, 0.05) is 12.0 Å². The summed E-state index contributed by atoms with van der Waals surface area (Å²) in [6.07, 6.45) is 4.53. The Morgan fingerprint density at radius 1 is 1.10 bits per heavy atom. The Hall–Kier alpha value is -3.35. The maximum Gasteiger partial charge on any atom is 0.306 e. The number of aryl methyl sites for hydroxylation is 1. The fourth-order valence-electron chi connectivity index (χ4n) is 3.12. The zero-order valence-electron chi connectivity index (χ0n) is 17.3. The number of unbranched alkanes of at least 4 members (excludes halogenated alkanes) is 1. The van der Waals surface area contributed by atoms with Crippen molar-refractivity contribution in [1.82, 2.24) is 20.2 Å². The first-order valence-corrected chi connectivity index (χ1v) is 10.2. The number of benzene rings is 2. The second-order valence-electron chi connectivity index (χ2n) is 7.21. The number of Topliss-reactive ketones (excluding diaryl/α,β-unsaturated/α-hetero) is 1. The van der Waals surface area contributed by atoms with Gasteiger partial charge in [-0.2, -0.15) is 0 Å². The van der Waals surface area contributed by atoms with Gasteiger partial charge < -0.3 is 4.74 Å². The minimum Gasteiger partial charge on any atom is -0.458 e. The summed E-state index contributed by atoms with van der Waals surface area (Å²) in [5, 5.41) is 11.1. The van der Waals surface area contributed by atoms with Crippen LogP contribution in [-0.2, 0) is 16.0 Å². The molecule has 1 unspecified atom stereocenters. The lowest BCUT2D eigenvalue weighted by molar-refractivity contribution is -0.148. The highest BCUT2D eigenvalue weighted by Gasteiger charge is 2.15. The van der Waals surface area contributed by atoms with Crippen LogP contribution < -0.4 is 0 Å². The summed E-state index contributed by atoms with van der Waals surface area (Å²) >= 11 is 0. The molecular weight excluding hydrogens is 380 g/mol. The highest BCUT2D eigenvalue weighted by atomic mass is 16.5. The third kappa shape index (κ3) is 5.83. The van der Waals surface area contributed by atoms with Gasteiger partial charge >= 0.3 is 5.97 Å². The molecule has 0 aliphatic heterocycles. The molecule has 3 aromatic rings. The number of hydrogen-bond acceptors (Lipinski definition) is 6. The van der Waals surface area contributed by atoms with E-state index >= 15 is 0 Å². The van der Waals surface area contributed by atoms with E-state index in [9.17, 15) is 9.59 Å². The van der Waals surface area contributed by atoms with Gasteiger partial charge in [0.2, 0.25) is 0 Å². The van der Waals surface area contributed by atoms with E-state index in [1.165, 1.54) is 16.6 Å². The van der Waals surface area contributed by atoms with E-state index in [-0.39, 0.29) is 18.6 Å². The van der Waals surface area contributed by atoms with Crippen LogP contribution in [0.25, 0.3) is 5.69 Å². The average molecular weight is 406 g/mol. The number of aromatic nitrogens is 4. The first-order chi connectivity index (χ1) is 14.6. The number of tetrazole rings is 1. The van der Waals surface area contributed by atoms with Crippen LogP contribution in [0.4, 0.5) is 0 Å². The minimum absolute atomic E-state index is 0.0491. The molecule has 2 aromatic carbocycles. The van der Waals surface area contributed by atoms with Gasteiger partial charge in [0.15, 0.2) is 5.78 Å². The summed E-state index contributed by atoms with van der Waals surface area (Å²) in [4.78, 5) is 24.6. The summed E-state index contributed by atoms with van der Waals surface area (Å²) < 4.78 is 7.04. The second-order valence-corrected chi connectivity index (χ2v) is 7.21. The Kier molecular flexibility index (Phi) is 7.43. The van der Waals surface area contributed by atoms with Crippen molar-refractivity contribution in [3.63, 3.8) is 0 Å². The van der Waals surface area contributed by atoms with Gasteiger partial charge in [0.1, 0.15) is 12.4 Å². The van der Waals surface area contributed by atoms with Crippen molar-refractivity contribution >= 4 is 11.8 Å². The summed E-state index contributed by atoms with van der Waals surface area (Å²) in [6.45, 7) is 3.95. The van der Waals surface area contributed by atoms with Crippen LogP contribution in [0.1, 0.15) is 67.1 Å². The van der Waals surface area contributed by atoms with Crippen molar-refractivity contribution in [1.29, 1.82) is 0 Å².